The molecule has 7 nitrogen and oxygen atoms in total. The molecule has 1 aromatic rings. The monoisotopic (exact) mass is 396 g/mol. The first-order valence-electron chi connectivity index (χ1n) is 10.1. The Morgan fingerprint density at radius 1 is 1.34 bits per heavy atom. The van der Waals surface area contributed by atoms with Crippen molar-refractivity contribution in [1.82, 2.24) is 20.2 Å². The zero-order chi connectivity index (χ0) is 20.8. The largest absolute Gasteiger partial charge is 0.453 e. The van der Waals surface area contributed by atoms with Gasteiger partial charge in [0, 0.05) is 12.1 Å². The maximum Gasteiger partial charge on any atom is 0.407 e. The predicted molar refractivity (Wildman–Crippen MR) is 110 cm³/mol. The number of ether oxygens (including phenoxy) is 1. The van der Waals surface area contributed by atoms with Gasteiger partial charge < -0.3 is 19.9 Å². The van der Waals surface area contributed by atoms with Gasteiger partial charge in [0.1, 0.15) is 17.6 Å². The molecule has 2 aliphatic rings. The Balaban J connectivity index is 1.73. The number of aromatic nitrogens is 2. The van der Waals surface area contributed by atoms with E-state index < -0.39 is 12.1 Å². The number of H-pyrrole nitrogens is 1. The molecule has 3 rings (SSSR count). The third-order valence-corrected chi connectivity index (χ3v) is 5.17. The number of nitrogens with zero attached hydrogens (tertiary/aromatic N) is 2. The molecule has 0 saturated carbocycles. The highest BCUT2D eigenvalue weighted by Crippen LogP contribution is 2.31. The van der Waals surface area contributed by atoms with E-state index in [9.17, 15) is 9.59 Å². The number of hydrogen-bond donors (Lipinski definition) is 2. The zero-order valence-electron chi connectivity index (χ0n) is 17.2. The third kappa shape index (κ3) is 5.08. The van der Waals surface area contributed by atoms with E-state index in [0.717, 1.165) is 42.8 Å². The number of amides is 2. The molecule has 1 fully saturated rings. The summed E-state index contributed by atoms with van der Waals surface area (Å²) in [6.45, 7) is 4.44. The minimum Gasteiger partial charge on any atom is -0.453 e. The summed E-state index contributed by atoms with van der Waals surface area (Å²) < 4.78 is 4.67. The Labute approximate surface area is 171 Å². The number of aromatic amines is 1. The van der Waals surface area contributed by atoms with Crippen LogP contribution in [-0.2, 0) is 9.53 Å². The summed E-state index contributed by atoms with van der Waals surface area (Å²) in [5, 5.41) is 2.66. The van der Waals surface area contributed by atoms with Crippen LogP contribution in [-0.4, -0.2) is 46.6 Å². The van der Waals surface area contributed by atoms with Crippen LogP contribution in [0, 0.1) is 17.8 Å². The second kappa shape index (κ2) is 9.46. The molecule has 2 amide bonds. The number of imidazole rings is 1. The summed E-state index contributed by atoms with van der Waals surface area (Å²) in [4.78, 5) is 34.3. The van der Waals surface area contributed by atoms with E-state index in [-0.39, 0.29) is 17.9 Å². The van der Waals surface area contributed by atoms with Gasteiger partial charge in [-0.05, 0) is 37.5 Å². The molecule has 29 heavy (non-hydrogen) atoms. The number of likely N-dealkylation sites (tertiary alicyclic amines) is 1. The van der Waals surface area contributed by atoms with Crippen LogP contribution in [0.15, 0.2) is 30.0 Å². The maximum absolute atomic E-state index is 13.1. The maximum atomic E-state index is 13.1. The minimum atomic E-state index is -0.637. The number of allylic oxidation sites excluding steroid dienone is 4. The molecule has 0 aromatic carbocycles. The van der Waals surface area contributed by atoms with Crippen molar-refractivity contribution in [2.45, 2.75) is 51.6 Å². The Bertz CT molecular complexity index is 872. The van der Waals surface area contributed by atoms with Gasteiger partial charge in [-0.2, -0.15) is 0 Å². The number of rotatable bonds is 4. The number of carbonyl (C=O) groups excluding carboxylic acids is 2. The van der Waals surface area contributed by atoms with E-state index in [2.05, 4.69) is 44.0 Å². The van der Waals surface area contributed by atoms with Crippen molar-refractivity contribution in [3.63, 3.8) is 0 Å². The predicted octanol–water partition coefficient (Wildman–Crippen LogP) is 3.08. The number of alkyl carbamates (subject to hydrolysis) is 1. The lowest BCUT2D eigenvalue weighted by Gasteiger charge is -2.29. The first-order chi connectivity index (χ1) is 14.0. The molecule has 2 N–H and O–H groups in total. The molecule has 154 valence electrons. The highest BCUT2D eigenvalue weighted by atomic mass is 16.5. The first kappa shape index (κ1) is 20.7. The quantitative estimate of drug-likeness (QED) is 0.766. The van der Waals surface area contributed by atoms with E-state index >= 15 is 0 Å². The van der Waals surface area contributed by atoms with E-state index in [1.165, 1.54) is 7.11 Å². The van der Waals surface area contributed by atoms with Crippen molar-refractivity contribution in [3.05, 3.63) is 41.5 Å². The van der Waals surface area contributed by atoms with Gasteiger partial charge in [0.15, 0.2) is 0 Å². The fourth-order valence-corrected chi connectivity index (χ4v) is 3.61. The van der Waals surface area contributed by atoms with Crippen molar-refractivity contribution < 1.29 is 14.3 Å². The van der Waals surface area contributed by atoms with E-state index in [4.69, 9.17) is 0 Å². The molecule has 0 bridgehead atoms. The van der Waals surface area contributed by atoms with Gasteiger partial charge in [-0.25, -0.2) is 9.78 Å². The summed E-state index contributed by atoms with van der Waals surface area (Å²) in [6.07, 6.45) is 11.2. The van der Waals surface area contributed by atoms with Crippen LogP contribution in [0.1, 0.15) is 57.1 Å². The zero-order valence-corrected chi connectivity index (χ0v) is 17.2. The van der Waals surface area contributed by atoms with Crippen LogP contribution < -0.4 is 5.32 Å². The molecule has 0 radical (unpaired) electrons. The van der Waals surface area contributed by atoms with Gasteiger partial charge in [-0.3, -0.25) is 4.79 Å². The Morgan fingerprint density at radius 2 is 2.17 bits per heavy atom. The van der Waals surface area contributed by atoms with Gasteiger partial charge >= 0.3 is 6.09 Å². The summed E-state index contributed by atoms with van der Waals surface area (Å²) in [5.74, 6) is 6.82. The van der Waals surface area contributed by atoms with Crippen LogP contribution >= 0.6 is 0 Å². The second-order valence-corrected chi connectivity index (χ2v) is 7.62. The van der Waals surface area contributed by atoms with E-state index in [1.807, 2.05) is 19.9 Å². The highest BCUT2D eigenvalue weighted by Gasteiger charge is 2.37. The van der Waals surface area contributed by atoms with Gasteiger partial charge in [-0.15, -0.1) is 0 Å². The van der Waals surface area contributed by atoms with Crippen molar-refractivity contribution in [2.24, 2.45) is 5.92 Å². The molecular weight excluding hydrogens is 368 g/mol. The highest BCUT2D eigenvalue weighted by molar-refractivity contribution is 5.86. The molecule has 1 aliphatic heterocycles. The smallest absolute Gasteiger partial charge is 0.407 e. The van der Waals surface area contributed by atoms with Gasteiger partial charge in [0.25, 0.3) is 0 Å². The lowest BCUT2D eigenvalue weighted by molar-refractivity contribution is -0.135. The molecular formula is C22H28N4O3. The molecule has 0 spiro atoms. The Kier molecular flexibility index (Phi) is 6.76. The van der Waals surface area contributed by atoms with Crippen molar-refractivity contribution in [3.8, 4) is 11.8 Å². The number of nitrogens with one attached hydrogen (secondary N) is 2. The molecule has 1 saturated heterocycles. The van der Waals surface area contributed by atoms with Crippen molar-refractivity contribution in [1.29, 1.82) is 0 Å². The molecule has 7 heteroatoms. The Hall–Kier alpha value is -3.01. The minimum absolute atomic E-state index is 0.0577. The van der Waals surface area contributed by atoms with Gasteiger partial charge in [0.2, 0.25) is 5.91 Å². The summed E-state index contributed by atoms with van der Waals surface area (Å²) in [5.41, 5.74) is 1.74. The summed E-state index contributed by atoms with van der Waals surface area (Å²) >= 11 is 0. The van der Waals surface area contributed by atoms with Crippen LogP contribution in [0.2, 0.25) is 0 Å². The number of methoxy groups -OCH3 is 1. The van der Waals surface area contributed by atoms with Gasteiger partial charge in [-0.1, -0.05) is 38.0 Å². The van der Waals surface area contributed by atoms with Crippen LogP contribution in [0.3, 0.4) is 0 Å². The van der Waals surface area contributed by atoms with Crippen LogP contribution in [0.5, 0.6) is 0 Å². The summed E-state index contributed by atoms with van der Waals surface area (Å²) in [6, 6.07) is -0.783. The SMILES string of the molecule is COC(=O)N[C@H](C(=O)N1CCC[C@H]1c1ncc(C#CC2=CCCC=C2)[nH]1)C(C)C. The van der Waals surface area contributed by atoms with Gasteiger partial charge in [0.05, 0.1) is 19.3 Å². The molecule has 1 aliphatic carbocycles. The van der Waals surface area contributed by atoms with E-state index in [0.29, 0.717) is 6.54 Å². The average molecular weight is 396 g/mol. The normalized spacial score (nSPS) is 19.4. The standard InChI is InChI=1S/C22H28N4O3/c1-15(2)19(25-22(28)29-3)21(27)26-13-7-10-18(26)20-23-14-17(24-20)12-11-16-8-5-4-6-9-16/h5,8-9,14-15,18-19H,4,6-7,10,13H2,1-3H3,(H,23,24)(H,25,28)/t18-,19-/m0/s1. The molecule has 1 aromatic heterocycles. The fourth-order valence-electron chi connectivity index (χ4n) is 3.61. The molecule has 2 atom stereocenters. The van der Waals surface area contributed by atoms with Crippen molar-refractivity contribution in [2.75, 3.05) is 13.7 Å². The second-order valence-electron chi connectivity index (χ2n) is 7.62. The third-order valence-electron chi connectivity index (χ3n) is 5.17. The Morgan fingerprint density at radius 3 is 2.86 bits per heavy atom. The topological polar surface area (TPSA) is 87.3 Å². The van der Waals surface area contributed by atoms with Crippen molar-refractivity contribution >= 4 is 12.0 Å². The van der Waals surface area contributed by atoms with Crippen LogP contribution in [0.25, 0.3) is 0 Å². The lowest BCUT2D eigenvalue weighted by atomic mass is 10.0. The average Bonchev–Trinajstić information content (AvgIpc) is 3.39. The first-order valence-corrected chi connectivity index (χ1v) is 10.1. The lowest BCUT2D eigenvalue weighted by Crippen LogP contribution is -2.51. The summed E-state index contributed by atoms with van der Waals surface area (Å²) in [7, 11) is 1.29. The fraction of sp³-hybridized carbons (Fsp3) is 0.500. The van der Waals surface area contributed by atoms with Crippen LogP contribution in [0.4, 0.5) is 4.79 Å². The molecule has 0 unspecified atom stereocenters. The number of hydrogen-bond acceptors (Lipinski definition) is 4. The number of carbonyl (C=O) groups is 2. The molecule has 2 heterocycles. The van der Waals surface area contributed by atoms with E-state index in [1.54, 1.807) is 11.1 Å².